The molecule has 1 fully saturated rings. The molecular weight excluding hydrogens is 434 g/mol. The molecule has 0 saturated heterocycles. The second-order valence-electron chi connectivity index (χ2n) is 9.86. The SMILES string of the molecule is COc1ccc2c(c1)c(NC(C)=O)c1n2C[C@](C)(C(=O)NC2CCCC2)N(CCN(C)C)C1=O. The third-order valence-electron chi connectivity index (χ3n) is 7.03. The molecule has 1 aromatic heterocycles. The number of anilines is 1. The average molecular weight is 470 g/mol. The van der Waals surface area contributed by atoms with Gasteiger partial charge in [0.15, 0.2) is 0 Å². The summed E-state index contributed by atoms with van der Waals surface area (Å²) < 4.78 is 7.27. The van der Waals surface area contributed by atoms with E-state index in [2.05, 4.69) is 10.6 Å². The monoisotopic (exact) mass is 469 g/mol. The average Bonchev–Trinajstić information content (AvgIpc) is 3.39. The third kappa shape index (κ3) is 4.24. The van der Waals surface area contributed by atoms with Crippen LogP contribution in [0.5, 0.6) is 5.75 Å². The van der Waals surface area contributed by atoms with Crippen molar-refractivity contribution in [1.29, 1.82) is 0 Å². The number of benzene rings is 1. The van der Waals surface area contributed by atoms with E-state index in [1.165, 1.54) is 6.92 Å². The lowest BCUT2D eigenvalue weighted by Crippen LogP contribution is -2.65. The summed E-state index contributed by atoms with van der Waals surface area (Å²) in [5, 5.41) is 6.79. The maximum absolute atomic E-state index is 14.0. The van der Waals surface area contributed by atoms with Gasteiger partial charge in [-0.2, -0.15) is 0 Å². The fraction of sp³-hybridized carbons (Fsp3) is 0.560. The molecule has 1 aliphatic heterocycles. The molecule has 0 bridgehead atoms. The smallest absolute Gasteiger partial charge is 0.273 e. The third-order valence-corrected chi connectivity index (χ3v) is 7.03. The minimum Gasteiger partial charge on any atom is -0.497 e. The zero-order chi connectivity index (χ0) is 24.6. The van der Waals surface area contributed by atoms with E-state index in [4.69, 9.17) is 4.74 Å². The molecule has 3 amide bonds. The van der Waals surface area contributed by atoms with Gasteiger partial charge in [0.05, 0.1) is 24.9 Å². The highest BCUT2D eigenvalue weighted by Crippen LogP contribution is 2.40. The highest BCUT2D eigenvalue weighted by molar-refractivity contribution is 6.14. The first-order valence-electron chi connectivity index (χ1n) is 11.9. The van der Waals surface area contributed by atoms with Gasteiger partial charge < -0.3 is 29.7 Å². The van der Waals surface area contributed by atoms with Gasteiger partial charge in [-0.05, 0) is 52.1 Å². The number of fused-ring (bicyclic) bond motifs is 3. The van der Waals surface area contributed by atoms with E-state index in [0.717, 1.165) is 31.2 Å². The van der Waals surface area contributed by atoms with Crippen LogP contribution in [0.15, 0.2) is 18.2 Å². The Kier molecular flexibility index (Phi) is 6.58. The van der Waals surface area contributed by atoms with Crippen molar-refractivity contribution in [3.8, 4) is 5.75 Å². The summed E-state index contributed by atoms with van der Waals surface area (Å²) >= 11 is 0. The van der Waals surface area contributed by atoms with Gasteiger partial charge in [-0.25, -0.2) is 0 Å². The number of methoxy groups -OCH3 is 1. The molecule has 0 unspecified atom stereocenters. The minimum absolute atomic E-state index is 0.131. The van der Waals surface area contributed by atoms with Crippen LogP contribution >= 0.6 is 0 Å². The van der Waals surface area contributed by atoms with E-state index >= 15 is 0 Å². The first-order chi connectivity index (χ1) is 16.2. The summed E-state index contributed by atoms with van der Waals surface area (Å²) in [4.78, 5) is 43.5. The van der Waals surface area contributed by atoms with Crippen LogP contribution in [0.2, 0.25) is 0 Å². The van der Waals surface area contributed by atoms with Crippen LogP contribution in [0.1, 0.15) is 50.0 Å². The molecule has 1 saturated carbocycles. The topological polar surface area (TPSA) is 95.9 Å². The summed E-state index contributed by atoms with van der Waals surface area (Å²) in [5.74, 6) is -0.0385. The lowest BCUT2D eigenvalue weighted by molar-refractivity contribution is -0.133. The van der Waals surface area contributed by atoms with Crippen molar-refractivity contribution >= 4 is 34.3 Å². The van der Waals surface area contributed by atoms with Crippen LogP contribution in [0.4, 0.5) is 5.69 Å². The largest absolute Gasteiger partial charge is 0.497 e. The molecule has 184 valence electrons. The van der Waals surface area contributed by atoms with Crippen LogP contribution in [-0.2, 0) is 16.1 Å². The quantitative estimate of drug-likeness (QED) is 0.650. The van der Waals surface area contributed by atoms with Gasteiger partial charge >= 0.3 is 0 Å². The Morgan fingerprint density at radius 3 is 2.56 bits per heavy atom. The van der Waals surface area contributed by atoms with Gasteiger partial charge in [-0.1, -0.05) is 12.8 Å². The minimum atomic E-state index is -1.07. The number of hydrogen-bond donors (Lipinski definition) is 2. The van der Waals surface area contributed by atoms with Crippen LogP contribution in [-0.4, -0.2) is 78.0 Å². The predicted molar refractivity (Wildman–Crippen MR) is 131 cm³/mol. The Balaban J connectivity index is 1.85. The van der Waals surface area contributed by atoms with Gasteiger partial charge in [0.2, 0.25) is 11.8 Å². The van der Waals surface area contributed by atoms with Crippen molar-refractivity contribution in [2.24, 2.45) is 0 Å². The van der Waals surface area contributed by atoms with Crippen LogP contribution < -0.4 is 15.4 Å². The molecule has 2 N–H and O–H groups in total. The normalized spacial score (nSPS) is 20.6. The lowest BCUT2D eigenvalue weighted by Gasteiger charge is -2.45. The zero-order valence-electron chi connectivity index (χ0n) is 20.7. The Bertz CT molecular complexity index is 1120. The molecule has 1 aliphatic carbocycles. The van der Waals surface area contributed by atoms with E-state index in [9.17, 15) is 14.4 Å². The van der Waals surface area contributed by atoms with E-state index in [-0.39, 0.29) is 23.8 Å². The number of likely N-dealkylation sites (N-methyl/N-ethyl adjacent to an activating group) is 1. The Morgan fingerprint density at radius 2 is 1.94 bits per heavy atom. The molecule has 2 heterocycles. The summed E-state index contributed by atoms with van der Waals surface area (Å²) in [5.41, 5.74) is 0.560. The van der Waals surface area contributed by atoms with Gasteiger partial charge in [0.25, 0.3) is 5.91 Å². The number of hydrogen-bond acceptors (Lipinski definition) is 5. The number of aromatic nitrogens is 1. The first kappa shape index (κ1) is 24.1. The van der Waals surface area contributed by atoms with E-state index in [0.29, 0.717) is 42.2 Å². The Labute approximate surface area is 200 Å². The maximum atomic E-state index is 14.0. The summed E-state index contributed by atoms with van der Waals surface area (Å²) in [7, 11) is 5.46. The Morgan fingerprint density at radius 1 is 1.24 bits per heavy atom. The maximum Gasteiger partial charge on any atom is 0.273 e. The fourth-order valence-electron chi connectivity index (χ4n) is 5.15. The molecule has 2 aliphatic rings. The number of carbonyl (C=O) groups is 3. The van der Waals surface area contributed by atoms with E-state index in [1.54, 1.807) is 12.0 Å². The van der Waals surface area contributed by atoms with E-state index < -0.39 is 5.54 Å². The fourth-order valence-corrected chi connectivity index (χ4v) is 5.15. The number of amides is 3. The first-order valence-corrected chi connectivity index (χ1v) is 11.9. The molecule has 4 rings (SSSR count). The number of nitrogens with zero attached hydrogens (tertiary/aromatic N) is 3. The van der Waals surface area contributed by atoms with Gasteiger partial charge in [-0.3, -0.25) is 14.4 Å². The van der Waals surface area contributed by atoms with Crippen molar-refractivity contribution in [3.63, 3.8) is 0 Å². The second kappa shape index (κ2) is 9.29. The number of carbonyl (C=O) groups excluding carboxylic acids is 3. The van der Waals surface area contributed by atoms with Gasteiger partial charge in [0, 0.05) is 31.4 Å². The molecule has 1 aromatic carbocycles. The van der Waals surface area contributed by atoms with Crippen molar-refractivity contribution in [1.82, 2.24) is 19.7 Å². The van der Waals surface area contributed by atoms with Gasteiger partial charge in [-0.15, -0.1) is 0 Å². The second-order valence-corrected chi connectivity index (χ2v) is 9.86. The molecule has 0 radical (unpaired) electrons. The number of nitrogens with one attached hydrogen (secondary N) is 2. The van der Waals surface area contributed by atoms with Crippen molar-refractivity contribution in [3.05, 3.63) is 23.9 Å². The van der Waals surface area contributed by atoms with Crippen LogP contribution in [0.3, 0.4) is 0 Å². The summed E-state index contributed by atoms with van der Waals surface area (Å²) in [6.45, 7) is 4.57. The number of ether oxygens (including phenoxy) is 1. The zero-order valence-corrected chi connectivity index (χ0v) is 20.7. The molecular formula is C25H35N5O4. The summed E-state index contributed by atoms with van der Waals surface area (Å²) in [6, 6.07) is 5.67. The van der Waals surface area contributed by atoms with E-state index in [1.807, 2.05) is 48.7 Å². The lowest BCUT2D eigenvalue weighted by atomic mass is 9.93. The standard InChI is InChI=1S/C25H35N5O4/c1-16(31)26-21-19-14-18(34-5)10-11-20(19)29-15-25(2,24(33)27-17-8-6-7-9-17)30(13-12-28(3)4)23(32)22(21)29/h10-11,14,17H,6-9,12-13,15H2,1-5H3,(H,26,31)(H,27,33)/t25-/m1/s1. The molecule has 2 aromatic rings. The molecule has 1 atom stereocenters. The molecule has 0 spiro atoms. The summed E-state index contributed by atoms with van der Waals surface area (Å²) in [6.07, 6.45) is 4.16. The van der Waals surface area contributed by atoms with Gasteiger partial charge in [0.1, 0.15) is 17.0 Å². The molecule has 34 heavy (non-hydrogen) atoms. The van der Waals surface area contributed by atoms with Crippen LogP contribution in [0, 0.1) is 0 Å². The highest BCUT2D eigenvalue weighted by Gasteiger charge is 2.49. The van der Waals surface area contributed by atoms with Crippen molar-refractivity contribution in [2.75, 3.05) is 39.6 Å². The van der Waals surface area contributed by atoms with Crippen molar-refractivity contribution < 1.29 is 19.1 Å². The predicted octanol–water partition coefficient (Wildman–Crippen LogP) is 2.44. The molecule has 9 nitrogen and oxygen atoms in total. The van der Waals surface area contributed by atoms with Crippen molar-refractivity contribution in [2.45, 2.75) is 57.7 Å². The number of rotatable bonds is 7. The van der Waals surface area contributed by atoms with Crippen LogP contribution in [0.25, 0.3) is 10.9 Å². The highest BCUT2D eigenvalue weighted by atomic mass is 16.5. The Hall–Kier alpha value is -3.07. The molecule has 9 heteroatoms.